The van der Waals surface area contributed by atoms with Crippen LogP contribution >= 0.6 is 24.0 Å². The van der Waals surface area contributed by atoms with E-state index in [2.05, 4.69) is 48.3 Å². The number of H-pyrrole nitrogens is 1. The maximum Gasteiger partial charge on any atom is 0.221 e. The second-order valence-electron chi connectivity index (χ2n) is 8.16. The highest BCUT2D eigenvalue weighted by Crippen LogP contribution is 2.33. The molecule has 8 nitrogen and oxygen atoms in total. The van der Waals surface area contributed by atoms with Crippen LogP contribution < -0.4 is 15.1 Å². The van der Waals surface area contributed by atoms with Gasteiger partial charge in [0.1, 0.15) is 12.1 Å². The number of carbonyl (C=O) groups is 1. The van der Waals surface area contributed by atoms with E-state index in [1.807, 2.05) is 36.4 Å². The van der Waals surface area contributed by atoms with E-state index < -0.39 is 0 Å². The van der Waals surface area contributed by atoms with E-state index in [0.29, 0.717) is 5.65 Å². The van der Waals surface area contributed by atoms with Crippen molar-refractivity contribution in [3.05, 3.63) is 59.4 Å². The van der Waals surface area contributed by atoms with Gasteiger partial charge in [0.25, 0.3) is 0 Å². The minimum absolute atomic E-state index is 0. The Morgan fingerprint density at radius 1 is 1.03 bits per heavy atom. The molecular formula is C24H25Cl2N7O. The maximum absolute atomic E-state index is 11.3. The van der Waals surface area contributed by atoms with E-state index in [9.17, 15) is 4.79 Å². The van der Waals surface area contributed by atoms with Crippen LogP contribution in [0.1, 0.15) is 12.5 Å². The predicted octanol–water partition coefficient (Wildman–Crippen LogP) is 4.69. The highest BCUT2D eigenvalue weighted by Gasteiger charge is 2.24. The molecule has 4 aromatic rings. The number of hydrogen-bond acceptors (Lipinski definition) is 6. The summed E-state index contributed by atoms with van der Waals surface area (Å²) >= 11 is 6.24. The van der Waals surface area contributed by atoms with E-state index in [1.54, 1.807) is 6.33 Å². The summed E-state index contributed by atoms with van der Waals surface area (Å²) in [6, 6.07) is 13.7. The van der Waals surface area contributed by atoms with Crippen molar-refractivity contribution in [2.75, 3.05) is 41.3 Å². The number of nitrogens with zero attached hydrogens (tertiary/aromatic N) is 5. The number of aryl methyl sites for hydroxylation is 1. The van der Waals surface area contributed by atoms with Gasteiger partial charge in [0, 0.05) is 55.1 Å². The number of hydrogen-bond donors (Lipinski definition) is 2. The molecule has 5 rings (SSSR count). The minimum atomic E-state index is -0.0995. The summed E-state index contributed by atoms with van der Waals surface area (Å²) in [5.74, 6) is 0.773. The first-order valence-corrected chi connectivity index (χ1v) is 11.2. The van der Waals surface area contributed by atoms with Crippen molar-refractivity contribution in [2.24, 2.45) is 0 Å². The summed E-state index contributed by atoms with van der Waals surface area (Å²) in [4.78, 5) is 25.0. The zero-order valence-corrected chi connectivity index (χ0v) is 20.5. The Kier molecular flexibility index (Phi) is 6.90. The van der Waals surface area contributed by atoms with Crippen LogP contribution in [0, 0.1) is 6.92 Å². The molecule has 0 spiro atoms. The summed E-state index contributed by atoms with van der Waals surface area (Å²) < 4.78 is 0. The van der Waals surface area contributed by atoms with Crippen LogP contribution in [0.4, 0.5) is 17.2 Å². The number of fused-ring (bicyclic) bond motifs is 1. The van der Waals surface area contributed by atoms with Gasteiger partial charge in [-0.2, -0.15) is 5.10 Å². The minimum Gasteiger partial charge on any atom is -0.368 e. The van der Waals surface area contributed by atoms with E-state index in [1.165, 1.54) is 18.2 Å². The Morgan fingerprint density at radius 2 is 1.74 bits per heavy atom. The third-order valence-electron chi connectivity index (χ3n) is 5.92. The second-order valence-corrected chi connectivity index (χ2v) is 8.59. The van der Waals surface area contributed by atoms with Gasteiger partial charge in [0.05, 0.1) is 11.1 Å². The van der Waals surface area contributed by atoms with Crippen LogP contribution in [0.3, 0.4) is 0 Å². The molecule has 1 aliphatic rings. The van der Waals surface area contributed by atoms with Gasteiger partial charge in [-0.05, 0) is 36.8 Å². The average Bonchev–Trinajstić information content (AvgIpc) is 3.25. The molecule has 34 heavy (non-hydrogen) atoms. The molecule has 1 fully saturated rings. The third-order valence-corrected chi connectivity index (χ3v) is 6.15. The summed E-state index contributed by atoms with van der Waals surface area (Å²) in [5.41, 5.74) is 5.60. The summed E-state index contributed by atoms with van der Waals surface area (Å²) in [6.07, 6.45) is 1.57. The smallest absolute Gasteiger partial charge is 0.221 e. The van der Waals surface area contributed by atoms with Gasteiger partial charge in [0.2, 0.25) is 5.91 Å². The van der Waals surface area contributed by atoms with Gasteiger partial charge in [-0.15, -0.1) is 12.4 Å². The first-order valence-electron chi connectivity index (χ1n) is 10.8. The number of nitrogens with one attached hydrogen (secondary N) is 2. The number of benzene rings is 2. The number of carbonyl (C=O) groups excluding carboxylic acids is 1. The first kappa shape index (κ1) is 23.8. The lowest BCUT2D eigenvalue weighted by Gasteiger charge is -2.37. The highest BCUT2D eigenvalue weighted by molar-refractivity contribution is 6.30. The fraction of sp³-hybridized carbons (Fsp3) is 0.250. The molecule has 0 saturated carbocycles. The number of aromatic nitrogens is 4. The van der Waals surface area contributed by atoms with Crippen molar-refractivity contribution in [1.29, 1.82) is 0 Å². The second kappa shape index (κ2) is 9.87. The predicted molar refractivity (Wildman–Crippen MR) is 139 cm³/mol. The Bertz CT molecular complexity index is 1310. The molecule has 1 saturated heterocycles. The van der Waals surface area contributed by atoms with Crippen LogP contribution in [0.5, 0.6) is 0 Å². The largest absolute Gasteiger partial charge is 0.368 e. The number of halogens is 2. The molecule has 10 heteroatoms. The fourth-order valence-electron chi connectivity index (χ4n) is 4.30. The molecule has 1 amide bonds. The molecule has 2 aromatic heterocycles. The molecule has 0 atom stereocenters. The lowest BCUT2D eigenvalue weighted by molar-refractivity contribution is -0.114. The van der Waals surface area contributed by atoms with Gasteiger partial charge in [-0.3, -0.25) is 9.89 Å². The van der Waals surface area contributed by atoms with Crippen molar-refractivity contribution < 1.29 is 4.79 Å². The lowest BCUT2D eigenvalue weighted by atomic mass is 10.1. The zero-order valence-electron chi connectivity index (χ0n) is 18.9. The molecular weight excluding hydrogens is 473 g/mol. The Labute approximate surface area is 208 Å². The van der Waals surface area contributed by atoms with Crippen molar-refractivity contribution in [3.63, 3.8) is 0 Å². The monoisotopic (exact) mass is 497 g/mol. The molecule has 2 aromatic carbocycles. The normalized spacial score (nSPS) is 13.6. The molecule has 0 unspecified atom stereocenters. The van der Waals surface area contributed by atoms with Gasteiger partial charge in [-0.25, -0.2) is 9.97 Å². The first-order chi connectivity index (χ1) is 16.0. The number of piperazine rings is 1. The van der Waals surface area contributed by atoms with E-state index in [-0.39, 0.29) is 18.3 Å². The van der Waals surface area contributed by atoms with E-state index in [4.69, 9.17) is 11.6 Å². The van der Waals surface area contributed by atoms with Crippen LogP contribution in [0.2, 0.25) is 5.02 Å². The molecule has 0 radical (unpaired) electrons. The number of aromatic amines is 1. The Morgan fingerprint density at radius 3 is 2.44 bits per heavy atom. The van der Waals surface area contributed by atoms with Crippen LogP contribution in [-0.4, -0.2) is 52.3 Å². The molecule has 3 heterocycles. The molecule has 176 valence electrons. The topological polar surface area (TPSA) is 90.0 Å². The van der Waals surface area contributed by atoms with Gasteiger partial charge >= 0.3 is 0 Å². The van der Waals surface area contributed by atoms with Crippen LogP contribution in [-0.2, 0) is 4.79 Å². The van der Waals surface area contributed by atoms with Crippen molar-refractivity contribution in [1.82, 2.24) is 20.2 Å². The number of rotatable bonds is 4. The molecule has 1 aliphatic heterocycles. The molecule has 0 aliphatic carbocycles. The standard InChI is InChI=1S/C24H24ClN7O.ClH/c1-15-3-6-18(25)13-20(15)31-9-11-32(12-10-31)24-21-22(29-30-23(21)26-14-27-24)17-4-7-19(8-5-17)28-16(2)33;/h3-8,13-14H,9-12H2,1-2H3,(H,28,33)(H,26,27,29,30);1H. The van der Waals surface area contributed by atoms with Crippen molar-refractivity contribution in [2.45, 2.75) is 13.8 Å². The number of amides is 1. The molecule has 2 N–H and O–H groups in total. The third kappa shape index (κ3) is 4.64. The van der Waals surface area contributed by atoms with Crippen LogP contribution in [0.15, 0.2) is 48.8 Å². The zero-order chi connectivity index (χ0) is 22.9. The van der Waals surface area contributed by atoms with Crippen molar-refractivity contribution >= 4 is 58.1 Å². The molecule has 0 bridgehead atoms. The summed E-state index contributed by atoms with van der Waals surface area (Å²) in [5, 5.41) is 12.0. The summed E-state index contributed by atoms with van der Waals surface area (Å²) in [7, 11) is 0. The van der Waals surface area contributed by atoms with Crippen molar-refractivity contribution in [3.8, 4) is 11.3 Å². The van der Waals surface area contributed by atoms with Gasteiger partial charge < -0.3 is 15.1 Å². The lowest BCUT2D eigenvalue weighted by Crippen LogP contribution is -2.47. The van der Waals surface area contributed by atoms with E-state index in [0.717, 1.165) is 59.4 Å². The highest BCUT2D eigenvalue weighted by atomic mass is 35.5. The quantitative estimate of drug-likeness (QED) is 0.425. The average molecular weight is 498 g/mol. The van der Waals surface area contributed by atoms with E-state index >= 15 is 0 Å². The Hall–Kier alpha value is -3.36. The summed E-state index contributed by atoms with van der Waals surface area (Å²) in [6.45, 7) is 6.99. The van der Waals surface area contributed by atoms with Gasteiger partial charge in [-0.1, -0.05) is 29.8 Å². The fourth-order valence-corrected chi connectivity index (χ4v) is 4.46. The SMILES string of the molecule is CC(=O)Nc1ccc(-c2[nH]nc3ncnc(N4CCN(c5cc(Cl)ccc5C)CC4)c23)cc1.Cl. The van der Waals surface area contributed by atoms with Gasteiger partial charge in [0.15, 0.2) is 5.65 Å². The maximum atomic E-state index is 11.3. The number of anilines is 3. The van der Waals surface area contributed by atoms with Crippen LogP contribution in [0.25, 0.3) is 22.3 Å². The Balaban J connectivity index is 0.00000274.